The van der Waals surface area contributed by atoms with Crippen LogP contribution < -0.4 is 5.32 Å². The number of thiophene rings is 1. The highest BCUT2D eigenvalue weighted by Gasteiger charge is 2.27. The molecule has 0 aliphatic rings. The minimum Gasteiger partial charge on any atom is -0.396 e. The molecule has 102 valence electrons. The fourth-order valence-corrected chi connectivity index (χ4v) is 2.78. The summed E-state index contributed by atoms with van der Waals surface area (Å²) in [7, 11) is 0. The Kier molecular flexibility index (Phi) is 5.63. The van der Waals surface area contributed by atoms with Gasteiger partial charge in [0.05, 0.1) is 10.3 Å². The van der Waals surface area contributed by atoms with Crippen LogP contribution in [0, 0.1) is 0 Å². The zero-order valence-corrected chi connectivity index (χ0v) is 12.6. The number of aliphatic hydroxyl groups excluding tert-OH is 1. The molecular formula is C13H20ClNO2S. The maximum atomic E-state index is 12.2. The van der Waals surface area contributed by atoms with Gasteiger partial charge in [0.15, 0.2) is 0 Å². The van der Waals surface area contributed by atoms with E-state index in [4.69, 9.17) is 16.7 Å². The number of carbonyl (C=O) groups excluding carboxylic acids is 1. The summed E-state index contributed by atoms with van der Waals surface area (Å²) in [4.78, 5) is 13.1. The molecule has 0 saturated heterocycles. The fraction of sp³-hybridized carbons (Fsp3) is 0.615. The molecule has 0 aliphatic heterocycles. The maximum Gasteiger partial charge on any atom is 0.228 e. The van der Waals surface area contributed by atoms with Gasteiger partial charge in [0.2, 0.25) is 5.91 Å². The monoisotopic (exact) mass is 289 g/mol. The van der Waals surface area contributed by atoms with E-state index in [1.165, 1.54) is 11.3 Å². The van der Waals surface area contributed by atoms with Crippen LogP contribution in [0.4, 0.5) is 0 Å². The van der Waals surface area contributed by atoms with Crippen molar-refractivity contribution in [2.24, 2.45) is 0 Å². The lowest BCUT2D eigenvalue weighted by Crippen LogP contribution is -2.47. The van der Waals surface area contributed by atoms with E-state index in [9.17, 15) is 4.79 Å². The number of hydrogen-bond acceptors (Lipinski definition) is 3. The molecule has 1 rings (SSSR count). The van der Waals surface area contributed by atoms with E-state index in [0.29, 0.717) is 10.8 Å². The maximum absolute atomic E-state index is 12.2. The van der Waals surface area contributed by atoms with Crippen molar-refractivity contribution in [1.29, 1.82) is 0 Å². The number of halogens is 1. The van der Waals surface area contributed by atoms with E-state index >= 15 is 0 Å². The van der Waals surface area contributed by atoms with Crippen molar-refractivity contribution in [3.63, 3.8) is 0 Å². The minimum atomic E-state index is -0.346. The van der Waals surface area contributed by atoms with Crippen LogP contribution in [0.1, 0.15) is 44.4 Å². The molecule has 5 heteroatoms. The minimum absolute atomic E-state index is 0.0219. The summed E-state index contributed by atoms with van der Waals surface area (Å²) in [6.45, 7) is 5.90. The first-order valence-electron chi connectivity index (χ1n) is 6.10. The number of aliphatic hydroxyl groups is 1. The summed E-state index contributed by atoms with van der Waals surface area (Å²) in [5.41, 5.74) is -0.346. The third-order valence-electron chi connectivity index (χ3n) is 3.28. The Balaban J connectivity index is 2.70. The SMILES string of the molecule is CCC(C)(CCO)NC(=O)C(C)c1ccc(Cl)s1. The lowest BCUT2D eigenvalue weighted by atomic mass is 9.93. The summed E-state index contributed by atoms with van der Waals surface area (Å²) in [6.07, 6.45) is 1.35. The molecule has 1 aromatic heterocycles. The molecule has 0 saturated carbocycles. The summed E-state index contributed by atoms with van der Waals surface area (Å²) in [5.74, 6) is -0.238. The molecule has 0 radical (unpaired) electrons. The Hall–Kier alpha value is -0.580. The molecule has 0 aromatic carbocycles. The van der Waals surface area contributed by atoms with Crippen molar-refractivity contribution in [2.75, 3.05) is 6.61 Å². The van der Waals surface area contributed by atoms with Gasteiger partial charge in [-0.1, -0.05) is 18.5 Å². The summed E-state index contributed by atoms with van der Waals surface area (Å²) in [6, 6.07) is 3.69. The van der Waals surface area contributed by atoms with Gasteiger partial charge < -0.3 is 10.4 Å². The first kappa shape index (κ1) is 15.5. The zero-order chi connectivity index (χ0) is 13.8. The van der Waals surface area contributed by atoms with E-state index in [0.717, 1.165) is 11.3 Å². The molecule has 0 spiro atoms. The Labute approximate surface area is 117 Å². The second-order valence-electron chi connectivity index (χ2n) is 4.74. The molecule has 1 amide bonds. The van der Waals surface area contributed by atoms with Crippen molar-refractivity contribution >= 4 is 28.8 Å². The molecule has 0 fully saturated rings. The normalized spacial score (nSPS) is 16.1. The Morgan fingerprint density at radius 1 is 1.61 bits per heavy atom. The lowest BCUT2D eigenvalue weighted by Gasteiger charge is -2.30. The number of hydrogen-bond donors (Lipinski definition) is 2. The van der Waals surface area contributed by atoms with Crippen LogP contribution in [0.15, 0.2) is 12.1 Å². The highest BCUT2D eigenvalue weighted by Crippen LogP contribution is 2.28. The molecule has 1 aromatic rings. The van der Waals surface area contributed by atoms with Crippen molar-refractivity contribution in [3.8, 4) is 0 Å². The van der Waals surface area contributed by atoms with Crippen molar-refractivity contribution in [1.82, 2.24) is 5.32 Å². The Morgan fingerprint density at radius 2 is 2.28 bits per heavy atom. The zero-order valence-electron chi connectivity index (χ0n) is 11.0. The van der Waals surface area contributed by atoms with Gasteiger partial charge >= 0.3 is 0 Å². The highest BCUT2D eigenvalue weighted by atomic mass is 35.5. The van der Waals surface area contributed by atoms with E-state index in [1.807, 2.05) is 26.8 Å². The first-order chi connectivity index (χ1) is 8.41. The summed E-state index contributed by atoms with van der Waals surface area (Å²) < 4.78 is 0.693. The summed E-state index contributed by atoms with van der Waals surface area (Å²) in [5, 5.41) is 12.1. The fourth-order valence-electron chi connectivity index (χ4n) is 1.67. The van der Waals surface area contributed by atoms with Gasteiger partial charge in [-0.15, -0.1) is 11.3 Å². The predicted molar refractivity (Wildman–Crippen MR) is 76.3 cm³/mol. The Bertz CT molecular complexity index is 407. The number of carbonyl (C=O) groups is 1. The average Bonchev–Trinajstić information content (AvgIpc) is 2.75. The van der Waals surface area contributed by atoms with Gasteiger partial charge in [-0.2, -0.15) is 0 Å². The van der Waals surface area contributed by atoms with Crippen LogP contribution >= 0.6 is 22.9 Å². The van der Waals surface area contributed by atoms with Crippen LogP contribution in [-0.4, -0.2) is 23.2 Å². The number of nitrogens with one attached hydrogen (secondary N) is 1. The van der Waals surface area contributed by atoms with Crippen LogP contribution in [0.5, 0.6) is 0 Å². The van der Waals surface area contributed by atoms with Crippen molar-refractivity contribution < 1.29 is 9.90 Å². The standard InChI is InChI=1S/C13H20ClNO2S/c1-4-13(3,7-8-16)15-12(17)9(2)10-5-6-11(14)18-10/h5-6,9,16H,4,7-8H2,1-3H3,(H,15,17). The summed E-state index contributed by atoms with van der Waals surface area (Å²) >= 11 is 7.30. The van der Waals surface area contributed by atoms with Gasteiger partial charge in [0.25, 0.3) is 0 Å². The highest BCUT2D eigenvalue weighted by molar-refractivity contribution is 7.16. The first-order valence-corrected chi connectivity index (χ1v) is 7.29. The molecule has 2 atom stereocenters. The number of amides is 1. The molecular weight excluding hydrogens is 270 g/mol. The van der Waals surface area contributed by atoms with E-state index in [-0.39, 0.29) is 24.0 Å². The van der Waals surface area contributed by atoms with Gasteiger partial charge in [0, 0.05) is 17.0 Å². The topological polar surface area (TPSA) is 49.3 Å². The van der Waals surface area contributed by atoms with Crippen LogP contribution in [0.2, 0.25) is 4.34 Å². The van der Waals surface area contributed by atoms with Gasteiger partial charge in [-0.25, -0.2) is 0 Å². The van der Waals surface area contributed by atoms with Crippen molar-refractivity contribution in [3.05, 3.63) is 21.3 Å². The molecule has 2 unspecified atom stereocenters. The largest absolute Gasteiger partial charge is 0.396 e. The molecule has 3 nitrogen and oxygen atoms in total. The van der Waals surface area contributed by atoms with E-state index < -0.39 is 0 Å². The smallest absolute Gasteiger partial charge is 0.228 e. The third-order valence-corrected chi connectivity index (χ3v) is 4.70. The predicted octanol–water partition coefficient (Wildman–Crippen LogP) is 3.17. The third kappa shape index (κ3) is 3.97. The molecule has 2 N–H and O–H groups in total. The quantitative estimate of drug-likeness (QED) is 0.845. The van der Waals surface area contributed by atoms with Crippen molar-refractivity contribution in [2.45, 2.75) is 45.1 Å². The van der Waals surface area contributed by atoms with E-state index in [1.54, 1.807) is 6.07 Å². The molecule has 0 bridgehead atoms. The van der Waals surface area contributed by atoms with Crippen LogP contribution in [0.3, 0.4) is 0 Å². The molecule has 1 heterocycles. The molecule has 18 heavy (non-hydrogen) atoms. The Morgan fingerprint density at radius 3 is 2.72 bits per heavy atom. The number of rotatable bonds is 6. The van der Waals surface area contributed by atoms with Gasteiger partial charge in [0.1, 0.15) is 0 Å². The van der Waals surface area contributed by atoms with Gasteiger partial charge in [-0.3, -0.25) is 4.79 Å². The van der Waals surface area contributed by atoms with E-state index in [2.05, 4.69) is 5.32 Å². The second-order valence-corrected chi connectivity index (χ2v) is 6.49. The van der Waals surface area contributed by atoms with Gasteiger partial charge in [-0.05, 0) is 38.8 Å². The van der Waals surface area contributed by atoms with Crippen LogP contribution in [-0.2, 0) is 4.79 Å². The average molecular weight is 290 g/mol. The lowest BCUT2D eigenvalue weighted by molar-refractivity contribution is -0.124. The van der Waals surface area contributed by atoms with Crippen LogP contribution in [0.25, 0.3) is 0 Å². The second kappa shape index (κ2) is 6.55. The molecule has 0 aliphatic carbocycles.